The maximum atomic E-state index is 12.6. The van der Waals surface area contributed by atoms with Crippen LogP contribution in [0.2, 0.25) is 0 Å². The van der Waals surface area contributed by atoms with Crippen LogP contribution in [0.25, 0.3) is 6.08 Å². The maximum absolute atomic E-state index is 12.6. The summed E-state index contributed by atoms with van der Waals surface area (Å²) in [5, 5.41) is 9.63. The molecule has 0 saturated carbocycles. The van der Waals surface area contributed by atoms with Gasteiger partial charge >= 0.3 is 5.97 Å². The average molecular weight is 418 g/mol. The van der Waals surface area contributed by atoms with Gasteiger partial charge in [-0.3, -0.25) is 15.0 Å². The number of aryl methyl sites for hydroxylation is 1. The Labute approximate surface area is 169 Å². The van der Waals surface area contributed by atoms with Crippen molar-refractivity contribution in [3.05, 3.63) is 58.4 Å². The lowest BCUT2D eigenvalue weighted by molar-refractivity contribution is -0.139. The summed E-state index contributed by atoms with van der Waals surface area (Å²) < 4.78 is 10.3. The smallest absolute Gasteiger partial charge is 0.341 e. The van der Waals surface area contributed by atoms with Crippen LogP contribution in [0.4, 0.5) is 0 Å². The van der Waals surface area contributed by atoms with Crippen molar-refractivity contribution in [3.63, 3.8) is 0 Å². The van der Waals surface area contributed by atoms with E-state index in [1.54, 1.807) is 37.3 Å². The molecule has 0 unspecified atom stereocenters. The minimum Gasteiger partial charge on any atom is -0.482 e. The van der Waals surface area contributed by atoms with Gasteiger partial charge in [0.05, 0.1) is 16.7 Å². The first kappa shape index (κ1) is 19.6. The van der Waals surface area contributed by atoms with Gasteiger partial charge in [-0.2, -0.15) is 5.01 Å². The number of hydrogen-bond acceptors (Lipinski definition) is 7. The van der Waals surface area contributed by atoms with E-state index < -0.39 is 24.4 Å². The van der Waals surface area contributed by atoms with E-state index in [0.29, 0.717) is 27.5 Å². The van der Waals surface area contributed by atoms with E-state index >= 15 is 0 Å². The lowest BCUT2D eigenvalue weighted by atomic mass is 10.2. The number of hydrazine groups is 1. The van der Waals surface area contributed by atoms with Gasteiger partial charge in [-0.15, -0.1) is 0 Å². The van der Waals surface area contributed by atoms with Crippen LogP contribution in [0.15, 0.2) is 45.9 Å². The molecular formula is C18H14N2O6S2. The van der Waals surface area contributed by atoms with Crippen molar-refractivity contribution in [1.82, 2.24) is 10.4 Å². The van der Waals surface area contributed by atoms with Crippen molar-refractivity contribution in [2.45, 2.75) is 6.92 Å². The van der Waals surface area contributed by atoms with Crippen LogP contribution in [-0.2, 0) is 9.59 Å². The van der Waals surface area contributed by atoms with Crippen LogP contribution in [0.3, 0.4) is 0 Å². The van der Waals surface area contributed by atoms with E-state index in [4.69, 9.17) is 26.5 Å². The number of furan rings is 1. The lowest BCUT2D eigenvalue weighted by Crippen LogP contribution is -2.44. The standard InChI is InChI=1S/C18H14N2O6S2/c1-10-13(6-7-25-10)16(23)19-20-17(24)14(28-18(20)27)8-11-2-4-12(5-3-11)26-9-15(21)22/h2-8H,9H2,1H3,(H,19,23)(H,21,22)/b14-8+. The van der Waals surface area contributed by atoms with Gasteiger partial charge in [-0.1, -0.05) is 23.9 Å². The summed E-state index contributed by atoms with van der Waals surface area (Å²) in [5.41, 5.74) is 3.49. The first-order chi connectivity index (χ1) is 13.3. The zero-order chi connectivity index (χ0) is 20.3. The molecule has 2 heterocycles. The van der Waals surface area contributed by atoms with E-state index in [2.05, 4.69) is 5.43 Å². The molecular weight excluding hydrogens is 404 g/mol. The molecule has 1 saturated heterocycles. The van der Waals surface area contributed by atoms with Crippen LogP contribution < -0.4 is 10.2 Å². The molecule has 10 heteroatoms. The number of carboxylic acids is 1. The molecule has 2 aromatic rings. The number of hydrogen-bond donors (Lipinski definition) is 2. The third-order valence-corrected chi connectivity index (χ3v) is 4.95. The molecule has 0 aliphatic carbocycles. The van der Waals surface area contributed by atoms with Crippen molar-refractivity contribution in [2.75, 3.05) is 6.61 Å². The first-order valence-electron chi connectivity index (χ1n) is 7.93. The summed E-state index contributed by atoms with van der Waals surface area (Å²) in [4.78, 5) is 35.7. The molecule has 0 spiro atoms. The number of thioether (sulfide) groups is 1. The molecule has 28 heavy (non-hydrogen) atoms. The Morgan fingerprint density at radius 1 is 1.32 bits per heavy atom. The van der Waals surface area contributed by atoms with Gasteiger partial charge in [0.2, 0.25) is 0 Å². The number of ether oxygens (including phenoxy) is 1. The van der Waals surface area contributed by atoms with E-state index in [1.807, 2.05) is 0 Å². The summed E-state index contributed by atoms with van der Waals surface area (Å²) in [6, 6.07) is 8.05. The number of carbonyl (C=O) groups excluding carboxylic acids is 2. The average Bonchev–Trinajstić information content (AvgIpc) is 3.19. The summed E-state index contributed by atoms with van der Waals surface area (Å²) in [7, 11) is 0. The van der Waals surface area contributed by atoms with Crippen LogP contribution in [0.1, 0.15) is 21.7 Å². The molecule has 0 atom stereocenters. The fourth-order valence-corrected chi connectivity index (χ4v) is 3.48. The summed E-state index contributed by atoms with van der Waals surface area (Å²) >= 11 is 6.24. The van der Waals surface area contributed by atoms with Crippen LogP contribution in [-0.4, -0.2) is 38.8 Å². The number of benzene rings is 1. The number of carboxylic acid groups (broad SMARTS) is 1. The number of rotatable bonds is 6. The van der Waals surface area contributed by atoms with Crippen molar-refractivity contribution < 1.29 is 28.6 Å². The highest BCUT2D eigenvalue weighted by Gasteiger charge is 2.34. The first-order valence-corrected chi connectivity index (χ1v) is 9.15. The Hall–Kier alpha value is -3.11. The zero-order valence-electron chi connectivity index (χ0n) is 14.5. The molecule has 1 aliphatic heterocycles. The second kappa shape index (κ2) is 8.28. The van der Waals surface area contributed by atoms with Gasteiger partial charge < -0.3 is 14.3 Å². The molecule has 3 rings (SSSR count). The third kappa shape index (κ3) is 4.41. The highest BCUT2D eigenvalue weighted by molar-refractivity contribution is 8.26. The number of aliphatic carboxylic acids is 1. The summed E-state index contributed by atoms with van der Waals surface area (Å²) in [6.45, 7) is 1.21. The van der Waals surface area contributed by atoms with Crippen LogP contribution >= 0.6 is 24.0 Å². The Morgan fingerprint density at radius 2 is 2.04 bits per heavy atom. The number of carbonyl (C=O) groups is 3. The molecule has 2 N–H and O–H groups in total. The predicted octanol–water partition coefficient (Wildman–Crippen LogP) is 2.60. The second-order valence-corrected chi connectivity index (χ2v) is 7.28. The quantitative estimate of drug-likeness (QED) is 0.544. The van der Waals surface area contributed by atoms with Crippen molar-refractivity contribution in [1.29, 1.82) is 0 Å². The fourth-order valence-electron chi connectivity index (χ4n) is 2.30. The maximum Gasteiger partial charge on any atom is 0.341 e. The molecule has 1 aromatic heterocycles. The summed E-state index contributed by atoms with van der Waals surface area (Å²) in [5.74, 6) is -1.18. The molecule has 1 aliphatic rings. The highest BCUT2D eigenvalue weighted by Crippen LogP contribution is 2.31. The van der Waals surface area contributed by atoms with Crippen LogP contribution in [0, 0.1) is 6.92 Å². The Kier molecular flexibility index (Phi) is 5.81. The minimum atomic E-state index is -1.07. The van der Waals surface area contributed by atoms with Crippen molar-refractivity contribution >= 4 is 52.2 Å². The van der Waals surface area contributed by atoms with Gasteiger partial charge in [0.15, 0.2) is 10.9 Å². The van der Waals surface area contributed by atoms with Gasteiger partial charge in [0, 0.05) is 0 Å². The molecule has 2 amide bonds. The topological polar surface area (TPSA) is 109 Å². The van der Waals surface area contributed by atoms with Gasteiger partial charge in [-0.05, 0) is 49.0 Å². The van der Waals surface area contributed by atoms with Gasteiger partial charge in [0.25, 0.3) is 11.8 Å². The molecule has 0 radical (unpaired) electrons. The molecule has 144 valence electrons. The van der Waals surface area contributed by atoms with E-state index in [0.717, 1.165) is 16.8 Å². The van der Waals surface area contributed by atoms with E-state index in [-0.39, 0.29) is 4.32 Å². The second-order valence-electron chi connectivity index (χ2n) is 5.60. The normalized spacial score (nSPS) is 15.2. The van der Waals surface area contributed by atoms with E-state index in [9.17, 15) is 14.4 Å². The highest BCUT2D eigenvalue weighted by atomic mass is 32.2. The number of amides is 2. The SMILES string of the molecule is Cc1occc1C(=O)NN1C(=O)/C(=C\c2ccc(OCC(=O)O)cc2)SC1=S. The fraction of sp³-hybridized carbons (Fsp3) is 0.111. The van der Waals surface area contributed by atoms with Crippen molar-refractivity contribution in [3.8, 4) is 5.75 Å². The molecule has 1 aromatic carbocycles. The predicted molar refractivity (Wildman–Crippen MR) is 105 cm³/mol. The lowest BCUT2D eigenvalue weighted by Gasteiger charge is -2.15. The summed E-state index contributed by atoms with van der Waals surface area (Å²) in [6.07, 6.45) is 3.01. The zero-order valence-corrected chi connectivity index (χ0v) is 16.1. The number of nitrogens with one attached hydrogen (secondary N) is 1. The Bertz CT molecular complexity index is 980. The van der Waals surface area contributed by atoms with Gasteiger partial charge in [0.1, 0.15) is 11.5 Å². The van der Waals surface area contributed by atoms with Crippen molar-refractivity contribution in [2.24, 2.45) is 0 Å². The van der Waals surface area contributed by atoms with E-state index in [1.165, 1.54) is 12.3 Å². The van der Waals surface area contributed by atoms with Crippen LogP contribution in [0.5, 0.6) is 5.75 Å². The molecule has 1 fully saturated rings. The van der Waals surface area contributed by atoms with Gasteiger partial charge in [-0.25, -0.2) is 4.79 Å². The molecule has 8 nitrogen and oxygen atoms in total. The largest absolute Gasteiger partial charge is 0.482 e. The monoisotopic (exact) mass is 418 g/mol. The minimum absolute atomic E-state index is 0.201. The third-order valence-electron chi connectivity index (χ3n) is 3.65. The molecule has 0 bridgehead atoms. The Balaban J connectivity index is 1.69. The number of thiocarbonyl (C=S) groups is 1. The Morgan fingerprint density at radius 3 is 2.64 bits per heavy atom. The number of nitrogens with zero attached hydrogens (tertiary/aromatic N) is 1.